The Morgan fingerprint density at radius 3 is 2.87 bits per heavy atom. The molecule has 0 radical (unpaired) electrons. The Morgan fingerprint density at radius 1 is 1.17 bits per heavy atom. The van der Waals surface area contributed by atoms with Gasteiger partial charge in [0.15, 0.2) is 0 Å². The number of hydrogen-bond donors (Lipinski definition) is 0. The fourth-order valence-corrected chi connectivity index (χ4v) is 3.58. The molecule has 0 bridgehead atoms. The molecule has 3 heterocycles. The van der Waals surface area contributed by atoms with E-state index in [-0.39, 0.29) is 0 Å². The molecule has 2 aromatic heterocycles. The Hall–Kier alpha value is -2.20. The second-order valence-corrected chi connectivity index (χ2v) is 6.55. The molecule has 0 amide bonds. The first-order valence-electron chi connectivity index (χ1n) is 8.32. The van der Waals surface area contributed by atoms with Crippen molar-refractivity contribution in [3.05, 3.63) is 60.2 Å². The first-order valence-corrected chi connectivity index (χ1v) is 8.32. The molecular formula is C19H22N4. The largest absolute Gasteiger partial charge is 0.298 e. The molecule has 4 rings (SSSR count). The Balaban J connectivity index is 1.51. The number of rotatable bonds is 3. The summed E-state index contributed by atoms with van der Waals surface area (Å²) in [7, 11) is 1.97. The third kappa shape index (κ3) is 3.13. The highest BCUT2D eigenvalue weighted by atomic mass is 15.2. The maximum absolute atomic E-state index is 4.73. The summed E-state index contributed by atoms with van der Waals surface area (Å²) < 4.78 is 1.88. The standard InChI is InChI=1S/C19H22N4/c1-22-12-15(10-21-22)13-23-8-4-7-18(14-23)19-9-16-5-2-3-6-17(16)11-20-19/h2-3,5-6,9-12,18H,4,7-8,13-14H2,1H3/t18-/m0/s1. The van der Waals surface area contributed by atoms with E-state index in [1.807, 2.05) is 24.1 Å². The zero-order chi connectivity index (χ0) is 15.6. The van der Waals surface area contributed by atoms with E-state index < -0.39 is 0 Å². The molecule has 0 N–H and O–H groups in total. The molecule has 1 atom stereocenters. The molecule has 1 aliphatic rings. The third-order valence-corrected chi connectivity index (χ3v) is 4.74. The number of piperidine rings is 1. The van der Waals surface area contributed by atoms with Crippen LogP contribution in [0.1, 0.15) is 30.0 Å². The highest BCUT2D eigenvalue weighted by Crippen LogP contribution is 2.28. The van der Waals surface area contributed by atoms with Crippen molar-refractivity contribution in [1.82, 2.24) is 19.7 Å². The minimum absolute atomic E-state index is 0.532. The number of likely N-dealkylation sites (tertiary alicyclic amines) is 1. The second-order valence-electron chi connectivity index (χ2n) is 6.55. The van der Waals surface area contributed by atoms with Crippen LogP contribution in [0.15, 0.2) is 48.9 Å². The summed E-state index contributed by atoms with van der Waals surface area (Å²) in [5, 5.41) is 6.79. The minimum Gasteiger partial charge on any atom is -0.298 e. The molecular weight excluding hydrogens is 284 g/mol. The van der Waals surface area contributed by atoms with Crippen LogP contribution in [0.5, 0.6) is 0 Å². The number of pyridine rings is 1. The summed E-state index contributed by atoms with van der Waals surface area (Å²) in [6.45, 7) is 3.23. The number of fused-ring (bicyclic) bond motifs is 1. The Labute approximate surface area is 136 Å². The molecule has 0 saturated carbocycles. The second kappa shape index (κ2) is 6.13. The quantitative estimate of drug-likeness (QED) is 0.744. The van der Waals surface area contributed by atoms with Gasteiger partial charge in [-0.3, -0.25) is 14.6 Å². The predicted molar refractivity (Wildman–Crippen MR) is 92.2 cm³/mol. The van der Waals surface area contributed by atoms with Crippen LogP contribution in [0.3, 0.4) is 0 Å². The van der Waals surface area contributed by atoms with Gasteiger partial charge in [-0.15, -0.1) is 0 Å². The monoisotopic (exact) mass is 306 g/mol. The van der Waals surface area contributed by atoms with Gasteiger partial charge in [0.25, 0.3) is 0 Å². The van der Waals surface area contributed by atoms with Crippen LogP contribution < -0.4 is 0 Å². The maximum Gasteiger partial charge on any atom is 0.0534 e. The van der Waals surface area contributed by atoms with Crippen LogP contribution in [-0.2, 0) is 13.6 Å². The van der Waals surface area contributed by atoms with E-state index in [4.69, 9.17) is 4.98 Å². The van der Waals surface area contributed by atoms with Gasteiger partial charge in [0, 0.05) is 55.1 Å². The highest BCUT2D eigenvalue weighted by molar-refractivity contribution is 5.81. The number of hydrogen-bond acceptors (Lipinski definition) is 3. The first kappa shape index (κ1) is 14.4. The van der Waals surface area contributed by atoms with Crippen molar-refractivity contribution < 1.29 is 0 Å². The number of nitrogens with zero attached hydrogens (tertiary/aromatic N) is 4. The van der Waals surface area contributed by atoms with Crippen molar-refractivity contribution in [2.24, 2.45) is 7.05 Å². The molecule has 118 valence electrons. The van der Waals surface area contributed by atoms with Gasteiger partial charge in [-0.1, -0.05) is 24.3 Å². The summed E-state index contributed by atoms with van der Waals surface area (Å²) in [6.07, 6.45) is 8.56. The Kier molecular flexibility index (Phi) is 3.83. The van der Waals surface area contributed by atoms with Gasteiger partial charge in [0.05, 0.1) is 6.20 Å². The molecule has 0 spiro atoms. The fourth-order valence-electron chi connectivity index (χ4n) is 3.58. The fraction of sp³-hybridized carbons (Fsp3) is 0.368. The molecule has 1 aliphatic heterocycles. The number of aromatic nitrogens is 3. The summed E-state index contributed by atoms with van der Waals surface area (Å²) in [4.78, 5) is 7.26. The lowest BCUT2D eigenvalue weighted by molar-refractivity contribution is 0.198. The molecule has 0 unspecified atom stereocenters. The van der Waals surface area contributed by atoms with Crippen molar-refractivity contribution in [2.75, 3.05) is 13.1 Å². The summed E-state index contributed by atoms with van der Waals surface area (Å²) in [5.41, 5.74) is 2.53. The van der Waals surface area contributed by atoms with Gasteiger partial charge in [-0.05, 0) is 30.8 Å². The molecule has 23 heavy (non-hydrogen) atoms. The number of benzene rings is 1. The predicted octanol–water partition coefficient (Wildman–Crippen LogP) is 3.35. The van der Waals surface area contributed by atoms with Crippen LogP contribution in [-0.4, -0.2) is 32.8 Å². The van der Waals surface area contributed by atoms with E-state index in [1.165, 1.54) is 41.4 Å². The summed E-state index contributed by atoms with van der Waals surface area (Å²) in [6, 6.07) is 10.7. The average Bonchev–Trinajstić information content (AvgIpc) is 2.99. The Bertz CT molecular complexity index is 808. The number of aryl methyl sites for hydroxylation is 1. The van der Waals surface area contributed by atoms with Gasteiger partial charge in [0.2, 0.25) is 0 Å². The van der Waals surface area contributed by atoms with Gasteiger partial charge in [0.1, 0.15) is 0 Å². The van der Waals surface area contributed by atoms with Gasteiger partial charge < -0.3 is 0 Å². The summed E-state index contributed by atoms with van der Waals surface area (Å²) in [5.74, 6) is 0.532. The molecule has 4 nitrogen and oxygen atoms in total. The van der Waals surface area contributed by atoms with Crippen LogP contribution in [0.2, 0.25) is 0 Å². The molecule has 1 saturated heterocycles. The highest BCUT2D eigenvalue weighted by Gasteiger charge is 2.22. The lowest BCUT2D eigenvalue weighted by Gasteiger charge is -2.32. The van der Waals surface area contributed by atoms with Crippen LogP contribution in [0.25, 0.3) is 10.8 Å². The van der Waals surface area contributed by atoms with E-state index in [9.17, 15) is 0 Å². The molecule has 1 fully saturated rings. The van der Waals surface area contributed by atoms with Crippen LogP contribution >= 0.6 is 0 Å². The first-order chi connectivity index (χ1) is 11.3. The minimum atomic E-state index is 0.532. The van der Waals surface area contributed by atoms with E-state index in [0.29, 0.717) is 5.92 Å². The van der Waals surface area contributed by atoms with E-state index >= 15 is 0 Å². The van der Waals surface area contributed by atoms with Crippen molar-refractivity contribution >= 4 is 10.8 Å². The zero-order valence-electron chi connectivity index (χ0n) is 13.5. The molecule has 4 heteroatoms. The normalized spacial score (nSPS) is 19.3. The SMILES string of the molecule is Cn1cc(CN2CCC[C@H](c3cc4ccccc4cn3)C2)cn1. The smallest absolute Gasteiger partial charge is 0.0534 e. The maximum atomic E-state index is 4.73. The van der Waals surface area contributed by atoms with E-state index in [1.54, 1.807) is 0 Å². The van der Waals surface area contributed by atoms with Gasteiger partial charge >= 0.3 is 0 Å². The Morgan fingerprint density at radius 2 is 2.04 bits per heavy atom. The van der Waals surface area contributed by atoms with E-state index in [0.717, 1.165) is 13.1 Å². The van der Waals surface area contributed by atoms with Crippen molar-refractivity contribution in [3.8, 4) is 0 Å². The van der Waals surface area contributed by atoms with Gasteiger partial charge in [-0.25, -0.2) is 0 Å². The van der Waals surface area contributed by atoms with Crippen molar-refractivity contribution in [2.45, 2.75) is 25.3 Å². The van der Waals surface area contributed by atoms with Crippen molar-refractivity contribution in [3.63, 3.8) is 0 Å². The molecule has 3 aromatic rings. The van der Waals surface area contributed by atoms with Gasteiger partial charge in [-0.2, -0.15) is 5.10 Å². The van der Waals surface area contributed by atoms with Crippen LogP contribution in [0.4, 0.5) is 0 Å². The lowest BCUT2D eigenvalue weighted by atomic mass is 9.93. The third-order valence-electron chi connectivity index (χ3n) is 4.74. The lowest BCUT2D eigenvalue weighted by Crippen LogP contribution is -2.34. The van der Waals surface area contributed by atoms with E-state index in [2.05, 4.69) is 46.5 Å². The zero-order valence-corrected chi connectivity index (χ0v) is 13.5. The van der Waals surface area contributed by atoms with Crippen molar-refractivity contribution in [1.29, 1.82) is 0 Å². The van der Waals surface area contributed by atoms with Crippen LogP contribution in [0, 0.1) is 0 Å². The topological polar surface area (TPSA) is 34.0 Å². The molecule has 0 aliphatic carbocycles. The average molecular weight is 306 g/mol. The summed E-state index contributed by atoms with van der Waals surface area (Å²) >= 11 is 0. The molecule has 1 aromatic carbocycles.